The zero-order chi connectivity index (χ0) is 14.6. The third-order valence-electron chi connectivity index (χ3n) is 2.70. The van der Waals surface area contributed by atoms with E-state index in [2.05, 4.69) is 22.1 Å². The zero-order valence-electron chi connectivity index (χ0n) is 12.0. The van der Waals surface area contributed by atoms with Crippen LogP contribution in [0.3, 0.4) is 0 Å². The molecule has 0 aromatic carbocycles. The Hall–Kier alpha value is -1.04. The smallest absolute Gasteiger partial charge is 0.0557 e. The first-order valence-electron chi connectivity index (χ1n) is 6.98. The van der Waals surface area contributed by atoms with Gasteiger partial charge in [-0.15, -0.1) is 0 Å². The average molecular weight is 320 g/mol. The summed E-state index contributed by atoms with van der Waals surface area (Å²) < 4.78 is 5.63. The molecule has 0 aliphatic carbocycles. The van der Waals surface area contributed by atoms with Crippen LogP contribution in [0.15, 0.2) is 48.8 Å². The summed E-state index contributed by atoms with van der Waals surface area (Å²) in [4.78, 5) is 8.59. The van der Waals surface area contributed by atoms with Gasteiger partial charge in [0.2, 0.25) is 0 Å². The summed E-state index contributed by atoms with van der Waals surface area (Å²) in [5, 5.41) is 0. The summed E-state index contributed by atoms with van der Waals surface area (Å²) in [6.07, 6.45) is 3.68. The maximum atomic E-state index is 5.63. The van der Waals surface area contributed by atoms with Crippen LogP contribution in [-0.4, -0.2) is 34.7 Å². The minimum absolute atomic E-state index is 0.807. The molecule has 0 amide bonds. The molecule has 2 aromatic heterocycles. The van der Waals surface area contributed by atoms with Crippen molar-refractivity contribution in [3.05, 3.63) is 60.2 Å². The minimum atomic E-state index is 0.807. The maximum absolute atomic E-state index is 5.63. The van der Waals surface area contributed by atoms with Gasteiger partial charge in [0, 0.05) is 35.4 Å². The molecule has 2 heterocycles. The number of ether oxygens (including phenoxy) is 1. The molecule has 0 aliphatic rings. The third kappa shape index (κ3) is 7.50. The number of thioether (sulfide) groups is 2. The van der Waals surface area contributed by atoms with Crippen LogP contribution in [0.5, 0.6) is 0 Å². The first-order valence-corrected chi connectivity index (χ1v) is 9.29. The van der Waals surface area contributed by atoms with E-state index in [0.29, 0.717) is 0 Å². The average Bonchev–Trinajstić information content (AvgIpc) is 2.55. The second-order valence-electron chi connectivity index (χ2n) is 4.36. The standard InChI is InChI=1S/C16H20N2OS2/c1-3-7-17-15(5-1)13-20-11-9-19-10-12-21-14-16-6-2-4-8-18-16/h1-8H,9-14H2. The molecule has 0 N–H and O–H groups in total. The molecule has 0 aliphatic heterocycles. The SMILES string of the molecule is c1ccc(CSCCOCCSCc2ccccn2)nc1. The number of rotatable bonds is 10. The highest BCUT2D eigenvalue weighted by Crippen LogP contribution is 2.10. The van der Waals surface area contributed by atoms with Gasteiger partial charge in [0.1, 0.15) is 0 Å². The quantitative estimate of drug-likeness (QED) is 0.624. The van der Waals surface area contributed by atoms with Crippen molar-refractivity contribution in [2.75, 3.05) is 24.7 Å². The fourth-order valence-electron chi connectivity index (χ4n) is 1.66. The predicted octanol–water partition coefficient (Wildman–Crippen LogP) is 3.66. The molecule has 5 heteroatoms. The number of hydrogen-bond donors (Lipinski definition) is 0. The lowest BCUT2D eigenvalue weighted by Crippen LogP contribution is -2.02. The number of pyridine rings is 2. The van der Waals surface area contributed by atoms with Gasteiger partial charge in [-0.25, -0.2) is 0 Å². The van der Waals surface area contributed by atoms with Crippen LogP contribution in [0.25, 0.3) is 0 Å². The van der Waals surface area contributed by atoms with Crippen molar-refractivity contribution in [2.24, 2.45) is 0 Å². The molecule has 112 valence electrons. The third-order valence-corrected chi connectivity index (χ3v) is 4.61. The van der Waals surface area contributed by atoms with E-state index in [1.807, 2.05) is 60.2 Å². The molecule has 0 bridgehead atoms. The van der Waals surface area contributed by atoms with Gasteiger partial charge in [-0.05, 0) is 24.3 Å². The van der Waals surface area contributed by atoms with Gasteiger partial charge < -0.3 is 4.74 Å². The highest BCUT2D eigenvalue weighted by Gasteiger charge is 1.96. The molecule has 0 unspecified atom stereocenters. The van der Waals surface area contributed by atoms with Gasteiger partial charge in [-0.3, -0.25) is 9.97 Å². The molecule has 0 radical (unpaired) electrons. The summed E-state index contributed by atoms with van der Waals surface area (Å²) in [5.74, 6) is 3.94. The van der Waals surface area contributed by atoms with Crippen LogP contribution in [-0.2, 0) is 16.2 Å². The first-order chi connectivity index (χ1) is 10.4. The zero-order valence-corrected chi connectivity index (χ0v) is 13.6. The summed E-state index contributed by atoms with van der Waals surface area (Å²) >= 11 is 3.73. The Morgan fingerprint density at radius 2 is 1.29 bits per heavy atom. The van der Waals surface area contributed by atoms with Crippen molar-refractivity contribution in [3.8, 4) is 0 Å². The lowest BCUT2D eigenvalue weighted by Gasteiger charge is -2.04. The molecule has 0 saturated heterocycles. The van der Waals surface area contributed by atoms with E-state index in [9.17, 15) is 0 Å². The first kappa shape index (κ1) is 16.3. The maximum Gasteiger partial charge on any atom is 0.0557 e. The van der Waals surface area contributed by atoms with E-state index < -0.39 is 0 Å². The van der Waals surface area contributed by atoms with Crippen LogP contribution in [0.2, 0.25) is 0 Å². The van der Waals surface area contributed by atoms with Crippen LogP contribution < -0.4 is 0 Å². The Kier molecular flexibility index (Phi) is 8.29. The highest BCUT2D eigenvalue weighted by molar-refractivity contribution is 7.98. The predicted molar refractivity (Wildman–Crippen MR) is 91.6 cm³/mol. The monoisotopic (exact) mass is 320 g/mol. The van der Waals surface area contributed by atoms with Gasteiger partial charge in [-0.2, -0.15) is 23.5 Å². The Labute approximate surface area is 134 Å². The molecule has 0 spiro atoms. The van der Waals surface area contributed by atoms with Crippen molar-refractivity contribution < 1.29 is 4.74 Å². The van der Waals surface area contributed by atoms with Crippen LogP contribution in [0.1, 0.15) is 11.4 Å². The van der Waals surface area contributed by atoms with E-state index in [4.69, 9.17) is 4.74 Å². The van der Waals surface area contributed by atoms with E-state index >= 15 is 0 Å². The van der Waals surface area contributed by atoms with Crippen LogP contribution in [0, 0.1) is 0 Å². The van der Waals surface area contributed by atoms with E-state index in [1.165, 1.54) is 0 Å². The Morgan fingerprint density at radius 1 is 0.762 bits per heavy atom. The lowest BCUT2D eigenvalue weighted by molar-refractivity contribution is 0.167. The molecule has 3 nitrogen and oxygen atoms in total. The Morgan fingerprint density at radius 3 is 1.71 bits per heavy atom. The van der Waals surface area contributed by atoms with Crippen molar-refractivity contribution in [1.29, 1.82) is 0 Å². The number of nitrogens with zero attached hydrogens (tertiary/aromatic N) is 2. The topological polar surface area (TPSA) is 35.0 Å². The normalized spacial score (nSPS) is 10.7. The molecule has 2 rings (SSSR count). The molecule has 0 atom stereocenters. The van der Waals surface area contributed by atoms with Crippen LogP contribution >= 0.6 is 23.5 Å². The van der Waals surface area contributed by atoms with Crippen molar-refractivity contribution >= 4 is 23.5 Å². The fraction of sp³-hybridized carbons (Fsp3) is 0.375. The van der Waals surface area contributed by atoms with Crippen molar-refractivity contribution in [3.63, 3.8) is 0 Å². The van der Waals surface area contributed by atoms with Gasteiger partial charge in [0.05, 0.1) is 24.6 Å². The number of hydrogen-bond acceptors (Lipinski definition) is 5. The van der Waals surface area contributed by atoms with Crippen LogP contribution in [0.4, 0.5) is 0 Å². The summed E-state index contributed by atoms with van der Waals surface area (Å²) in [6, 6.07) is 12.1. The minimum Gasteiger partial charge on any atom is -0.380 e. The molecule has 21 heavy (non-hydrogen) atoms. The van der Waals surface area contributed by atoms with E-state index in [0.717, 1.165) is 47.6 Å². The molecule has 2 aromatic rings. The van der Waals surface area contributed by atoms with E-state index in [-0.39, 0.29) is 0 Å². The fourth-order valence-corrected chi connectivity index (χ4v) is 3.18. The molecule has 0 saturated carbocycles. The highest BCUT2D eigenvalue weighted by atomic mass is 32.2. The van der Waals surface area contributed by atoms with Crippen molar-refractivity contribution in [1.82, 2.24) is 9.97 Å². The Bertz CT molecular complexity index is 437. The van der Waals surface area contributed by atoms with Gasteiger partial charge in [0.25, 0.3) is 0 Å². The second-order valence-corrected chi connectivity index (χ2v) is 6.57. The number of aromatic nitrogens is 2. The summed E-state index contributed by atoms with van der Waals surface area (Å²) in [6.45, 7) is 1.61. The van der Waals surface area contributed by atoms with Crippen molar-refractivity contribution in [2.45, 2.75) is 11.5 Å². The summed E-state index contributed by atoms with van der Waals surface area (Å²) in [5.41, 5.74) is 2.27. The second kappa shape index (κ2) is 10.7. The molecular formula is C16H20N2OS2. The summed E-state index contributed by atoms with van der Waals surface area (Å²) in [7, 11) is 0. The van der Waals surface area contributed by atoms with Gasteiger partial charge in [0.15, 0.2) is 0 Å². The van der Waals surface area contributed by atoms with Gasteiger partial charge >= 0.3 is 0 Å². The van der Waals surface area contributed by atoms with E-state index in [1.54, 1.807) is 0 Å². The lowest BCUT2D eigenvalue weighted by atomic mass is 10.4. The van der Waals surface area contributed by atoms with Gasteiger partial charge in [-0.1, -0.05) is 12.1 Å². The molecule has 0 fully saturated rings. The molecular weight excluding hydrogens is 300 g/mol. The Balaban J connectivity index is 1.40. The largest absolute Gasteiger partial charge is 0.380 e.